The minimum atomic E-state index is -2.60. The van der Waals surface area contributed by atoms with Gasteiger partial charge in [-0.25, -0.2) is 4.79 Å². The fraction of sp³-hybridized carbons (Fsp3) is 0.637. The van der Waals surface area contributed by atoms with Crippen molar-refractivity contribution in [2.24, 2.45) is 52.9 Å². The maximum absolute atomic E-state index is 16.3. The van der Waals surface area contributed by atoms with Crippen LogP contribution in [0.25, 0.3) is 0 Å². The van der Waals surface area contributed by atoms with Crippen LogP contribution in [0.3, 0.4) is 0 Å². The van der Waals surface area contributed by atoms with Crippen LogP contribution in [0.4, 0.5) is 0 Å². The Morgan fingerprint density at radius 2 is 0.971 bits per heavy atom. The predicted octanol–water partition coefficient (Wildman–Crippen LogP) is -2.12. The maximum atomic E-state index is 16.3. The number of thioether (sulfide) groups is 1. The van der Waals surface area contributed by atoms with Crippen LogP contribution in [-0.2, 0) is 107 Å². The zero-order valence-corrected chi connectivity index (χ0v) is 84.5. The van der Waals surface area contributed by atoms with Gasteiger partial charge in [0.05, 0.1) is 19.0 Å². The first kappa shape index (κ1) is 119. The van der Waals surface area contributed by atoms with Crippen molar-refractivity contribution >= 4 is 158 Å². The van der Waals surface area contributed by atoms with E-state index >= 15 is 28.8 Å². The fourth-order valence-corrected chi connectivity index (χ4v) is 18.1. The molecule has 1 aromatic carbocycles. The van der Waals surface area contributed by atoms with E-state index < -0.39 is 315 Å². The summed E-state index contributed by atoms with van der Waals surface area (Å²) in [7, 11) is 1.57. The number of phenolic OH excluding ortho intramolecular Hbond substituents is 1. The topological polar surface area (TPSA) is 700 Å². The van der Waals surface area contributed by atoms with E-state index in [0.29, 0.717) is 30.2 Å². The number of nitrogens with two attached hydrogens (primary N) is 2. The maximum Gasteiger partial charge on any atom is 0.327 e. The van der Waals surface area contributed by atoms with Crippen molar-refractivity contribution in [2.45, 2.75) is 291 Å². The normalized spacial score (nSPS) is 23.1. The largest absolute Gasteiger partial charge is 0.508 e. The molecular formula is C91H143N21O24S3. The molecule has 0 saturated carbocycles. The molecule has 3 saturated heterocycles. The Labute approximate surface area is 821 Å². The summed E-state index contributed by atoms with van der Waals surface area (Å²) in [5, 5.41) is 79.3. The Morgan fingerprint density at radius 1 is 0.489 bits per heavy atom. The van der Waals surface area contributed by atoms with Crippen LogP contribution in [0.5, 0.6) is 5.75 Å². The number of hydrogen-bond acceptors (Lipinski definition) is 27. The van der Waals surface area contributed by atoms with Gasteiger partial charge in [0.2, 0.25) is 94.5 Å². The fourth-order valence-electron chi connectivity index (χ4n) is 14.5. The number of carboxylic acids is 2. The molecule has 3 fully saturated rings. The van der Waals surface area contributed by atoms with Crippen LogP contribution in [-0.4, -0.2) is 272 Å². The van der Waals surface area contributed by atoms with E-state index in [2.05, 4.69) is 101 Å². The van der Waals surface area contributed by atoms with Crippen molar-refractivity contribution in [2.75, 3.05) is 36.1 Å². The Kier molecular flexibility index (Phi) is 50.0. The van der Waals surface area contributed by atoms with Gasteiger partial charge in [-0.3, -0.25) is 95.9 Å². The zero-order valence-electron chi connectivity index (χ0n) is 82.1. The number of hydrogen-bond donors (Lipinski definition) is 24. The molecule has 3 aliphatic heterocycles. The van der Waals surface area contributed by atoms with Gasteiger partial charge in [0.25, 0.3) is 17.7 Å². The third-order valence-electron chi connectivity index (χ3n) is 23.9. The summed E-state index contributed by atoms with van der Waals surface area (Å²) in [6.45, 7) is 27.8. The van der Waals surface area contributed by atoms with Crippen molar-refractivity contribution in [3.63, 3.8) is 0 Å². The molecule has 3 aliphatic rings. The van der Waals surface area contributed by atoms with Gasteiger partial charge < -0.3 is 128 Å². The second kappa shape index (κ2) is 58.2. The van der Waals surface area contributed by atoms with Crippen LogP contribution in [0, 0.1) is 41.4 Å². The van der Waals surface area contributed by atoms with Crippen LogP contribution >= 0.6 is 33.3 Å². The molecule has 48 heteroatoms. The lowest BCUT2D eigenvalue weighted by Crippen LogP contribution is -2.69. The third-order valence-corrected chi connectivity index (χ3v) is 27.6. The van der Waals surface area contributed by atoms with Gasteiger partial charge in [0.15, 0.2) is 0 Å². The van der Waals surface area contributed by atoms with Crippen molar-refractivity contribution in [3.8, 4) is 5.75 Å². The SMILES string of the molecule is C/C=C(\NC(=O)/C(=C/C)NC(=O)C(NC(=O)CNC(=O)C(C)NC(=O)C(N)CC(=O)O)C(C)CC)C(=O)NC(C(=O)NC(C(=O)N/C(=C\C)C(=O)NC(C(=O)NC1CSSCC(C(=O)O)NC(=O)C2CSCC3(CC(NC1=O)C(=O)NC(C(C)C)C(=O)NC(CC(C)C)C(=O)N3)C(=O)NC(C(C)C)C(=O)NC(Cc1ccc(O)cc1)C(=O)NC(CCCCN)C(=O)N2)C(C)CC)C(C)CC)C(C)CC. The Balaban J connectivity index is 1.79. The molecule has 19 amide bonds. The molecule has 3 heterocycles. The number of aromatic hydroxyl groups is 1. The third kappa shape index (κ3) is 37.3. The lowest BCUT2D eigenvalue weighted by atomic mass is 9.88. The van der Waals surface area contributed by atoms with Gasteiger partial charge in [-0.1, -0.05) is 175 Å². The number of unbranched alkanes of at least 4 members (excludes halogenated alkanes) is 1. The summed E-state index contributed by atoms with van der Waals surface area (Å²) in [4.78, 5) is 302. The van der Waals surface area contributed by atoms with Gasteiger partial charge >= 0.3 is 11.9 Å². The standard InChI is InChI=1S/C91H143N21O24S3/c1-19-46(14)68(106-64(114)38-94-72(117)50(18)95-73(118)53(93)36-65(115)116)85(130)97-54(23-5)74(119)96-55(24-6)75(120)109-71(49(17)22-4)88(133)110-70(48(16)21-3)86(131)98-56(25-7)76(121)108-69(47(15)20-2)87(132)104-62-40-138-139-41-63(89(134)135)105-80(125)61-39-137-42-91(37-60(102-81(62)126)79(124)107-66(44(10)11)83(128)100-58(34-43(8)9)82(127)112-91)90(136)111-67(45(12)13)84(129)101-59(35-51-29-31-52(113)32-30-51)78(123)99-57(77(122)103-61)28-26-27-33-92/h23-25,29-32,43-50,53,57-63,66-71,113H,19-22,26-28,33-42,92-93H2,1-18H3,(H,94,117)(H,95,118)(H,96,119)(H,97,130)(H,98,131)(H,99,123)(H,100,128)(H,101,129)(H,102,126)(H,103,122)(H,104,132)(H,105,125)(H,106,114)(H,107,124)(H,108,121)(H,109,120)(H,110,133)(H,111,136)(H,112,127)(H,115,116)(H,134,135)/b54-23-,55-24-,56-25-. The van der Waals surface area contributed by atoms with E-state index in [1.165, 1.54) is 70.2 Å². The van der Waals surface area contributed by atoms with E-state index in [1.807, 2.05) is 0 Å². The van der Waals surface area contributed by atoms with Gasteiger partial charge in [-0.2, -0.15) is 11.8 Å². The molecular weight excluding hydrogens is 1870 g/mol. The molecule has 3 bridgehead atoms. The molecule has 139 heavy (non-hydrogen) atoms. The number of benzene rings is 1. The number of rotatable bonds is 41. The number of fused-ring (bicyclic) bond motifs is 4. The highest BCUT2D eigenvalue weighted by atomic mass is 33.1. The minimum Gasteiger partial charge on any atom is -0.508 e. The average Bonchev–Trinajstić information content (AvgIpc) is 1.78. The summed E-state index contributed by atoms with van der Waals surface area (Å²) >= 11 is 0.713. The van der Waals surface area contributed by atoms with Crippen LogP contribution in [0.2, 0.25) is 0 Å². The first-order valence-electron chi connectivity index (χ1n) is 46.7. The molecule has 20 atom stereocenters. The van der Waals surface area contributed by atoms with E-state index in [1.54, 1.807) is 96.9 Å². The number of carbonyl (C=O) groups excluding carboxylic acids is 19. The van der Waals surface area contributed by atoms with Crippen LogP contribution in [0.1, 0.15) is 194 Å². The van der Waals surface area contributed by atoms with Crippen LogP contribution in [0.15, 0.2) is 59.6 Å². The second-order valence-corrected chi connectivity index (χ2v) is 39.6. The number of phenols is 1. The number of amides is 19. The number of carboxylic acid groups (broad SMARTS) is 2. The molecule has 0 aromatic heterocycles. The highest BCUT2D eigenvalue weighted by Crippen LogP contribution is 2.29. The highest BCUT2D eigenvalue weighted by Gasteiger charge is 2.50. The summed E-state index contributed by atoms with van der Waals surface area (Å²) in [6.07, 6.45) is 2.95. The first-order chi connectivity index (χ1) is 65.4. The Hall–Kier alpha value is -11.9. The summed E-state index contributed by atoms with van der Waals surface area (Å²) in [5.74, 6) is -29.2. The smallest absolute Gasteiger partial charge is 0.327 e. The molecule has 4 rings (SSSR count). The molecule has 0 radical (unpaired) electrons. The van der Waals surface area contributed by atoms with Crippen molar-refractivity contribution in [3.05, 3.63) is 65.1 Å². The second-order valence-electron chi connectivity index (χ2n) is 36.0. The number of carbonyl (C=O) groups is 21. The number of allylic oxidation sites excluding steroid dienone is 3. The molecule has 45 nitrogen and oxygen atoms in total. The zero-order chi connectivity index (χ0) is 105. The summed E-state index contributed by atoms with van der Waals surface area (Å²) < 4.78 is 0. The number of aliphatic carboxylic acids is 2. The van der Waals surface area contributed by atoms with E-state index in [9.17, 15) is 82.1 Å². The lowest BCUT2D eigenvalue weighted by Gasteiger charge is -2.39. The number of nitrogens with one attached hydrogen (secondary N) is 19. The molecule has 1 aromatic rings. The van der Waals surface area contributed by atoms with Gasteiger partial charge in [-0.15, -0.1) is 0 Å². The lowest BCUT2D eigenvalue weighted by molar-refractivity contribution is -0.141. The Bertz CT molecular complexity index is 4650. The molecule has 0 aliphatic carbocycles. The summed E-state index contributed by atoms with van der Waals surface area (Å²) in [6, 6.07) is -18.1. The quantitative estimate of drug-likeness (QED) is 0.0189. The van der Waals surface area contributed by atoms with Gasteiger partial charge in [0.1, 0.15) is 113 Å². The summed E-state index contributed by atoms with van der Waals surface area (Å²) in [5.41, 5.74) is 7.99. The van der Waals surface area contributed by atoms with Crippen molar-refractivity contribution in [1.29, 1.82) is 0 Å². The van der Waals surface area contributed by atoms with Gasteiger partial charge in [-0.05, 0) is 119 Å². The van der Waals surface area contributed by atoms with Gasteiger partial charge in [0, 0.05) is 35.9 Å². The highest BCUT2D eigenvalue weighted by molar-refractivity contribution is 8.76. The van der Waals surface area contributed by atoms with Crippen molar-refractivity contribution in [1.82, 2.24) is 101 Å². The predicted molar refractivity (Wildman–Crippen MR) is 519 cm³/mol. The van der Waals surface area contributed by atoms with E-state index in [4.69, 9.17) is 16.6 Å². The Morgan fingerprint density at radius 3 is 1.49 bits per heavy atom. The van der Waals surface area contributed by atoms with E-state index in [0.717, 1.165) is 21.6 Å². The first-order valence-corrected chi connectivity index (χ1v) is 50.3. The molecule has 26 N–H and O–H groups in total. The molecule has 1 spiro atoms. The molecule has 20 unspecified atom stereocenters. The average molecular weight is 2010 g/mol. The minimum absolute atomic E-state index is 0.0888. The van der Waals surface area contributed by atoms with E-state index in [-0.39, 0.29) is 63.2 Å². The molecule has 774 valence electrons. The monoisotopic (exact) mass is 2010 g/mol. The van der Waals surface area contributed by atoms with Crippen molar-refractivity contribution < 1.29 is 116 Å². The van der Waals surface area contributed by atoms with Crippen LogP contribution < -0.4 is 112 Å².